The van der Waals surface area contributed by atoms with Gasteiger partial charge in [-0.1, -0.05) is 98.0 Å². The number of allylic oxidation sites excluding steroid dienone is 2. The quantitative estimate of drug-likeness (QED) is 0.355. The molecule has 2 aliphatic rings. The summed E-state index contributed by atoms with van der Waals surface area (Å²) in [5, 5.41) is 0. The van der Waals surface area contributed by atoms with Crippen LogP contribution in [0.2, 0.25) is 0 Å². The summed E-state index contributed by atoms with van der Waals surface area (Å²) in [7, 11) is 0. The van der Waals surface area contributed by atoms with Gasteiger partial charge in [0.15, 0.2) is 0 Å². The van der Waals surface area contributed by atoms with Crippen LogP contribution >= 0.6 is 0 Å². The summed E-state index contributed by atoms with van der Waals surface area (Å²) in [6.07, 6.45) is 12.4. The smallest absolute Gasteiger partial charge is 0.0137 e. The third-order valence-electron chi connectivity index (χ3n) is 8.74. The first-order valence-corrected chi connectivity index (χ1v) is 12.1. The molecule has 2 rings (SSSR count). The summed E-state index contributed by atoms with van der Waals surface area (Å²) in [5.74, 6) is 6.20. The van der Waals surface area contributed by atoms with E-state index >= 15 is 0 Å². The van der Waals surface area contributed by atoms with Crippen LogP contribution in [0.25, 0.3) is 0 Å². The lowest BCUT2D eigenvalue weighted by atomic mass is 9.58. The van der Waals surface area contributed by atoms with Gasteiger partial charge in [0.2, 0.25) is 0 Å². The minimum absolute atomic E-state index is 0.645. The fourth-order valence-electron chi connectivity index (χ4n) is 5.75. The number of hydrogen-bond donors (Lipinski definition) is 0. The van der Waals surface area contributed by atoms with Crippen molar-refractivity contribution in [1.29, 1.82) is 0 Å². The van der Waals surface area contributed by atoms with E-state index in [9.17, 15) is 0 Å². The van der Waals surface area contributed by atoms with E-state index in [2.05, 4.69) is 54.7 Å². The summed E-state index contributed by atoms with van der Waals surface area (Å²) in [6, 6.07) is 0. The highest BCUT2D eigenvalue weighted by Crippen LogP contribution is 2.51. The maximum absolute atomic E-state index is 4.63. The molecule has 7 atom stereocenters. The Labute approximate surface area is 171 Å². The molecule has 0 bridgehead atoms. The Morgan fingerprint density at radius 3 is 1.89 bits per heavy atom. The lowest BCUT2D eigenvalue weighted by molar-refractivity contribution is 0.199. The van der Waals surface area contributed by atoms with E-state index in [0.717, 1.165) is 35.5 Å². The SMILES string of the molecule is C=C1C(C)C(CCC(C)C(C)CCCC(C)C(C)C)C(=C)C2CCCCC12. The Morgan fingerprint density at radius 2 is 1.30 bits per heavy atom. The molecule has 27 heavy (non-hydrogen) atoms. The van der Waals surface area contributed by atoms with Crippen LogP contribution in [0.15, 0.2) is 24.3 Å². The fourth-order valence-corrected chi connectivity index (χ4v) is 5.75. The maximum atomic E-state index is 4.63. The number of rotatable bonds is 9. The largest absolute Gasteiger partial charge is 0.0993 e. The Hall–Kier alpha value is -0.520. The van der Waals surface area contributed by atoms with Gasteiger partial charge in [0.1, 0.15) is 0 Å². The Kier molecular flexibility index (Phi) is 8.70. The van der Waals surface area contributed by atoms with Gasteiger partial charge < -0.3 is 0 Å². The van der Waals surface area contributed by atoms with E-state index in [0.29, 0.717) is 11.8 Å². The van der Waals surface area contributed by atoms with Gasteiger partial charge in [0, 0.05) is 0 Å². The van der Waals surface area contributed by atoms with Crippen LogP contribution in [0.1, 0.15) is 99.3 Å². The van der Waals surface area contributed by atoms with E-state index < -0.39 is 0 Å². The Bertz CT molecular complexity index is 484. The molecular formula is C27H48. The summed E-state index contributed by atoms with van der Waals surface area (Å²) >= 11 is 0. The van der Waals surface area contributed by atoms with Crippen LogP contribution in [0.5, 0.6) is 0 Å². The third-order valence-corrected chi connectivity index (χ3v) is 8.74. The first-order valence-electron chi connectivity index (χ1n) is 12.1. The van der Waals surface area contributed by atoms with Crippen LogP contribution in [-0.4, -0.2) is 0 Å². The topological polar surface area (TPSA) is 0 Å². The second-order valence-electron chi connectivity index (χ2n) is 10.7. The van der Waals surface area contributed by atoms with E-state index in [1.54, 1.807) is 11.1 Å². The molecule has 2 fully saturated rings. The zero-order chi connectivity index (χ0) is 20.1. The molecule has 0 aromatic heterocycles. The van der Waals surface area contributed by atoms with Crippen LogP contribution < -0.4 is 0 Å². The first-order chi connectivity index (χ1) is 12.7. The van der Waals surface area contributed by atoms with Gasteiger partial charge in [-0.25, -0.2) is 0 Å². The zero-order valence-electron chi connectivity index (χ0n) is 19.4. The van der Waals surface area contributed by atoms with Gasteiger partial charge in [-0.2, -0.15) is 0 Å². The fraction of sp³-hybridized carbons (Fsp3) is 0.852. The molecule has 0 aromatic rings. The minimum Gasteiger partial charge on any atom is -0.0993 e. The molecule has 2 saturated carbocycles. The van der Waals surface area contributed by atoms with Crippen molar-refractivity contribution in [2.45, 2.75) is 99.3 Å². The van der Waals surface area contributed by atoms with Gasteiger partial charge in [-0.3, -0.25) is 0 Å². The number of fused-ring (bicyclic) bond motifs is 1. The lowest BCUT2D eigenvalue weighted by Crippen LogP contribution is -2.36. The highest BCUT2D eigenvalue weighted by Gasteiger charge is 2.41. The van der Waals surface area contributed by atoms with Crippen LogP contribution in [0.3, 0.4) is 0 Å². The Morgan fingerprint density at radius 1 is 0.778 bits per heavy atom. The molecule has 0 nitrogen and oxygen atoms in total. The monoisotopic (exact) mass is 372 g/mol. The van der Waals surface area contributed by atoms with E-state index in [-0.39, 0.29) is 0 Å². The normalized spacial score (nSPS) is 32.3. The number of hydrogen-bond acceptors (Lipinski definition) is 0. The molecule has 0 amide bonds. The average molecular weight is 373 g/mol. The lowest BCUT2D eigenvalue weighted by Gasteiger charge is -2.46. The van der Waals surface area contributed by atoms with Crippen molar-refractivity contribution in [3.05, 3.63) is 24.3 Å². The van der Waals surface area contributed by atoms with Crippen molar-refractivity contribution < 1.29 is 0 Å². The van der Waals surface area contributed by atoms with Gasteiger partial charge >= 0.3 is 0 Å². The molecule has 0 heteroatoms. The van der Waals surface area contributed by atoms with Gasteiger partial charge in [-0.05, 0) is 73.0 Å². The van der Waals surface area contributed by atoms with Crippen LogP contribution in [0, 0.1) is 47.3 Å². The summed E-state index contributed by atoms with van der Waals surface area (Å²) in [5.41, 5.74) is 3.14. The molecule has 0 radical (unpaired) electrons. The minimum atomic E-state index is 0.645. The van der Waals surface area contributed by atoms with E-state index in [4.69, 9.17) is 0 Å². The van der Waals surface area contributed by atoms with E-state index in [1.165, 1.54) is 57.8 Å². The summed E-state index contributed by atoms with van der Waals surface area (Å²) in [4.78, 5) is 0. The molecule has 0 N–H and O–H groups in total. The van der Waals surface area contributed by atoms with Crippen molar-refractivity contribution in [1.82, 2.24) is 0 Å². The molecule has 0 spiro atoms. The van der Waals surface area contributed by atoms with Gasteiger partial charge in [0.05, 0.1) is 0 Å². The molecule has 0 saturated heterocycles. The molecule has 0 aliphatic heterocycles. The van der Waals surface area contributed by atoms with Gasteiger partial charge in [-0.15, -0.1) is 0 Å². The molecule has 156 valence electrons. The Balaban J connectivity index is 1.81. The second-order valence-corrected chi connectivity index (χ2v) is 10.7. The molecule has 2 aliphatic carbocycles. The third kappa shape index (κ3) is 5.74. The standard InChI is InChI=1S/C27H48/c1-18(2)19(3)12-11-13-20(4)21(5)16-17-25-22(6)23(7)26-14-9-10-15-27(26)24(25)8/h18-22,25-27H,7-17H2,1-6H3. The van der Waals surface area contributed by atoms with Crippen LogP contribution in [0.4, 0.5) is 0 Å². The maximum Gasteiger partial charge on any atom is -0.0137 e. The molecule has 0 heterocycles. The van der Waals surface area contributed by atoms with Crippen molar-refractivity contribution >= 4 is 0 Å². The average Bonchev–Trinajstić information content (AvgIpc) is 2.65. The second kappa shape index (κ2) is 10.3. The summed E-state index contributed by atoms with van der Waals surface area (Å²) < 4.78 is 0. The predicted octanol–water partition coefficient (Wildman–Crippen LogP) is 8.69. The van der Waals surface area contributed by atoms with Crippen LogP contribution in [-0.2, 0) is 0 Å². The van der Waals surface area contributed by atoms with E-state index in [1.807, 2.05) is 0 Å². The summed E-state index contributed by atoms with van der Waals surface area (Å²) in [6.45, 7) is 23.7. The highest BCUT2D eigenvalue weighted by molar-refractivity contribution is 5.26. The molecule has 0 aromatic carbocycles. The molecular weight excluding hydrogens is 324 g/mol. The van der Waals surface area contributed by atoms with Crippen molar-refractivity contribution in [2.24, 2.45) is 47.3 Å². The van der Waals surface area contributed by atoms with Crippen molar-refractivity contribution in [3.8, 4) is 0 Å². The zero-order valence-corrected chi connectivity index (χ0v) is 19.4. The molecule has 7 unspecified atom stereocenters. The predicted molar refractivity (Wildman–Crippen MR) is 122 cm³/mol. The first kappa shape index (κ1) is 22.8. The highest BCUT2D eigenvalue weighted by atomic mass is 14.5. The van der Waals surface area contributed by atoms with Crippen molar-refractivity contribution in [3.63, 3.8) is 0 Å². The van der Waals surface area contributed by atoms with Crippen molar-refractivity contribution in [2.75, 3.05) is 0 Å². The van der Waals surface area contributed by atoms with Gasteiger partial charge in [0.25, 0.3) is 0 Å².